The Hall–Kier alpha value is -3.78. The summed E-state index contributed by atoms with van der Waals surface area (Å²) in [5, 5.41) is 11.6. The van der Waals surface area contributed by atoms with Crippen molar-refractivity contribution in [1.29, 1.82) is 0 Å². The molecule has 0 atom stereocenters. The van der Waals surface area contributed by atoms with E-state index in [1.165, 1.54) is 29.5 Å². The molecule has 7 nitrogen and oxygen atoms in total. The number of ether oxygens (including phenoxy) is 1. The van der Waals surface area contributed by atoms with Crippen molar-refractivity contribution >= 4 is 38.3 Å². The fraction of sp³-hybridized carbons (Fsp3) is 0.130. The van der Waals surface area contributed by atoms with Crippen LogP contribution in [0.25, 0.3) is 10.2 Å². The molecule has 0 N–H and O–H groups in total. The predicted molar refractivity (Wildman–Crippen MR) is 121 cm³/mol. The van der Waals surface area contributed by atoms with Crippen LogP contribution in [0.4, 0.5) is 10.8 Å². The number of carbonyl (C=O) groups is 1. The van der Waals surface area contributed by atoms with E-state index >= 15 is 0 Å². The first-order valence-corrected chi connectivity index (χ1v) is 10.5. The minimum absolute atomic E-state index is 0.0861. The van der Waals surface area contributed by atoms with Gasteiger partial charge in [-0.25, -0.2) is 4.98 Å². The number of nitro groups is 1. The van der Waals surface area contributed by atoms with Crippen molar-refractivity contribution in [2.45, 2.75) is 6.42 Å². The number of thiazole rings is 1. The Morgan fingerprint density at radius 1 is 1.03 bits per heavy atom. The molecule has 0 radical (unpaired) electrons. The molecule has 1 heterocycles. The Balaban J connectivity index is 1.53. The fourth-order valence-corrected chi connectivity index (χ4v) is 4.11. The van der Waals surface area contributed by atoms with E-state index in [4.69, 9.17) is 4.74 Å². The lowest BCUT2D eigenvalue weighted by molar-refractivity contribution is -0.384. The molecule has 0 fully saturated rings. The molecule has 0 unspecified atom stereocenters. The molecular weight excluding hydrogens is 414 g/mol. The first kappa shape index (κ1) is 20.5. The molecule has 4 aromatic rings. The van der Waals surface area contributed by atoms with E-state index < -0.39 is 4.92 Å². The third-order valence-corrected chi connectivity index (χ3v) is 5.73. The van der Waals surface area contributed by atoms with Gasteiger partial charge in [-0.3, -0.25) is 19.8 Å². The van der Waals surface area contributed by atoms with Crippen LogP contribution in [0, 0.1) is 10.1 Å². The normalized spacial score (nSPS) is 10.7. The third kappa shape index (κ3) is 5.04. The molecule has 31 heavy (non-hydrogen) atoms. The summed E-state index contributed by atoms with van der Waals surface area (Å²) in [7, 11) is 0. The zero-order valence-electron chi connectivity index (χ0n) is 16.5. The quantitative estimate of drug-likeness (QED) is 0.293. The van der Waals surface area contributed by atoms with E-state index in [1.807, 2.05) is 54.6 Å². The van der Waals surface area contributed by atoms with Gasteiger partial charge in [0.05, 0.1) is 21.2 Å². The van der Waals surface area contributed by atoms with E-state index in [9.17, 15) is 14.9 Å². The number of nitro benzene ring substituents is 1. The van der Waals surface area contributed by atoms with Gasteiger partial charge in [-0.15, -0.1) is 0 Å². The number of aromatic nitrogens is 1. The number of fused-ring (bicyclic) bond motifs is 1. The summed E-state index contributed by atoms with van der Waals surface area (Å²) in [6, 6.07) is 23.4. The van der Waals surface area contributed by atoms with Gasteiger partial charge in [0.15, 0.2) is 11.7 Å². The van der Waals surface area contributed by atoms with Crippen molar-refractivity contribution in [1.82, 2.24) is 4.98 Å². The molecule has 0 saturated heterocycles. The number of rotatable bonds is 8. The second-order valence-corrected chi connectivity index (χ2v) is 7.80. The molecule has 8 heteroatoms. The van der Waals surface area contributed by atoms with Gasteiger partial charge in [-0.2, -0.15) is 0 Å². The molecule has 0 bridgehead atoms. The van der Waals surface area contributed by atoms with Gasteiger partial charge in [-0.1, -0.05) is 59.9 Å². The highest BCUT2D eigenvalue weighted by atomic mass is 32.1. The van der Waals surface area contributed by atoms with E-state index in [0.29, 0.717) is 18.1 Å². The average molecular weight is 433 g/mol. The van der Waals surface area contributed by atoms with Crippen LogP contribution in [0.15, 0.2) is 78.9 Å². The summed E-state index contributed by atoms with van der Waals surface area (Å²) < 4.78 is 6.56. The third-order valence-electron chi connectivity index (χ3n) is 4.67. The van der Waals surface area contributed by atoms with Gasteiger partial charge in [0.1, 0.15) is 5.75 Å². The van der Waals surface area contributed by atoms with Crippen molar-refractivity contribution < 1.29 is 14.5 Å². The van der Waals surface area contributed by atoms with Crippen LogP contribution in [0.5, 0.6) is 5.75 Å². The monoisotopic (exact) mass is 433 g/mol. The highest BCUT2D eigenvalue weighted by Crippen LogP contribution is 2.29. The molecule has 0 aliphatic carbocycles. The van der Waals surface area contributed by atoms with Crippen LogP contribution in [-0.4, -0.2) is 29.0 Å². The van der Waals surface area contributed by atoms with Crippen molar-refractivity contribution in [3.8, 4) is 5.75 Å². The van der Waals surface area contributed by atoms with Crippen molar-refractivity contribution in [2.24, 2.45) is 0 Å². The number of carbonyl (C=O) groups excluding carboxylic acids is 1. The maximum atomic E-state index is 13.1. The number of hydrogen-bond donors (Lipinski definition) is 0. The zero-order valence-corrected chi connectivity index (χ0v) is 17.3. The molecule has 1 aromatic heterocycles. The first-order chi connectivity index (χ1) is 15.1. The number of benzene rings is 3. The minimum Gasteiger partial charge on any atom is -0.483 e. The largest absolute Gasteiger partial charge is 0.483 e. The Labute approximate surface area is 182 Å². The smallest absolute Gasteiger partial charge is 0.273 e. The Morgan fingerprint density at radius 2 is 1.81 bits per heavy atom. The van der Waals surface area contributed by atoms with Crippen LogP contribution in [-0.2, 0) is 11.2 Å². The summed E-state index contributed by atoms with van der Waals surface area (Å²) in [5.41, 5.74) is 1.86. The lowest BCUT2D eigenvalue weighted by atomic mass is 10.1. The topological polar surface area (TPSA) is 85.6 Å². The maximum absolute atomic E-state index is 13.1. The van der Waals surface area contributed by atoms with E-state index in [-0.39, 0.29) is 24.0 Å². The van der Waals surface area contributed by atoms with Gasteiger partial charge in [0, 0.05) is 12.6 Å². The second-order valence-electron chi connectivity index (χ2n) is 6.79. The lowest BCUT2D eigenvalue weighted by Crippen LogP contribution is -2.36. The fourth-order valence-electron chi connectivity index (χ4n) is 3.10. The highest BCUT2D eigenvalue weighted by molar-refractivity contribution is 7.22. The molecule has 0 aliphatic heterocycles. The van der Waals surface area contributed by atoms with Crippen LogP contribution in [0.1, 0.15) is 5.56 Å². The molecule has 4 rings (SSSR count). The summed E-state index contributed by atoms with van der Waals surface area (Å²) >= 11 is 1.45. The number of para-hydroxylation sites is 1. The Bertz CT molecular complexity index is 1180. The SMILES string of the molecule is O=C(COc1cccc([N+](=O)[O-])c1)N(CCc1ccccc1)c1nc2ccccc2s1. The number of anilines is 1. The van der Waals surface area contributed by atoms with Crippen LogP contribution < -0.4 is 9.64 Å². The molecule has 1 amide bonds. The van der Waals surface area contributed by atoms with Gasteiger partial charge in [0.25, 0.3) is 11.6 Å². The Morgan fingerprint density at radius 3 is 2.58 bits per heavy atom. The number of non-ortho nitro benzene ring substituents is 1. The van der Waals surface area contributed by atoms with Crippen molar-refractivity contribution in [2.75, 3.05) is 18.1 Å². The zero-order chi connectivity index (χ0) is 21.6. The molecule has 0 spiro atoms. The van der Waals surface area contributed by atoms with E-state index in [2.05, 4.69) is 4.98 Å². The van der Waals surface area contributed by atoms with E-state index in [0.717, 1.165) is 15.8 Å². The number of amides is 1. The van der Waals surface area contributed by atoms with Crippen LogP contribution in [0.2, 0.25) is 0 Å². The molecular formula is C23H19N3O4S. The average Bonchev–Trinajstić information content (AvgIpc) is 3.22. The summed E-state index contributed by atoms with van der Waals surface area (Å²) in [6.45, 7) is 0.201. The highest BCUT2D eigenvalue weighted by Gasteiger charge is 2.20. The summed E-state index contributed by atoms with van der Waals surface area (Å²) in [6.07, 6.45) is 0.666. The Kier molecular flexibility index (Phi) is 6.18. The van der Waals surface area contributed by atoms with Gasteiger partial charge in [-0.05, 0) is 30.2 Å². The lowest BCUT2D eigenvalue weighted by Gasteiger charge is -2.20. The van der Waals surface area contributed by atoms with Crippen LogP contribution in [0.3, 0.4) is 0 Å². The maximum Gasteiger partial charge on any atom is 0.273 e. The first-order valence-electron chi connectivity index (χ1n) is 9.67. The standard InChI is InChI=1S/C23H19N3O4S/c27-22(16-30-19-10-6-9-18(15-19)26(28)29)25(14-13-17-7-2-1-3-8-17)23-24-20-11-4-5-12-21(20)31-23/h1-12,15H,13-14,16H2. The number of nitrogens with zero attached hydrogens (tertiary/aromatic N) is 3. The number of hydrogen-bond acceptors (Lipinski definition) is 6. The van der Waals surface area contributed by atoms with Crippen molar-refractivity contribution in [3.05, 3.63) is 94.5 Å². The minimum atomic E-state index is -0.498. The summed E-state index contributed by atoms with van der Waals surface area (Å²) in [5.74, 6) is 0.0105. The molecule has 0 saturated carbocycles. The van der Waals surface area contributed by atoms with Crippen LogP contribution >= 0.6 is 11.3 Å². The summed E-state index contributed by atoms with van der Waals surface area (Å²) in [4.78, 5) is 29.8. The van der Waals surface area contributed by atoms with Gasteiger partial charge < -0.3 is 4.74 Å². The van der Waals surface area contributed by atoms with Gasteiger partial charge >= 0.3 is 0 Å². The molecule has 156 valence electrons. The second kappa shape index (κ2) is 9.36. The molecule has 3 aromatic carbocycles. The van der Waals surface area contributed by atoms with Crippen molar-refractivity contribution in [3.63, 3.8) is 0 Å². The van der Waals surface area contributed by atoms with Gasteiger partial charge in [0.2, 0.25) is 0 Å². The molecule has 0 aliphatic rings. The predicted octanol–water partition coefficient (Wildman–Crippen LogP) is 4.86. The van der Waals surface area contributed by atoms with E-state index in [1.54, 1.807) is 11.0 Å².